The van der Waals surface area contributed by atoms with E-state index in [2.05, 4.69) is 5.32 Å². The number of anilines is 1. The molecular weight excluding hydrogens is 359 g/mol. The maximum absolute atomic E-state index is 12.1. The number of carboxylic acids is 1. The maximum atomic E-state index is 12.1. The van der Waals surface area contributed by atoms with Crippen molar-refractivity contribution >= 4 is 40.6 Å². The molecule has 1 fully saturated rings. The number of carboxylic acid groups (broad SMARTS) is 1. The first-order valence-electron chi connectivity index (χ1n) is 6.95. The molecule has 0 aliphatic carbocycles. The molecule has 1 aromatic rings. The van der Waals surface area contributed by atoms with Crippen LogP contribution in [0.1, 0.15) is 12.0 Å². The van der Waals surface area contributed by atoms with Gasteiger partial charge in [-0.2, -0.15) is 0 Å². The predicted molar refractivity (Wildman–Crippen MR) is 81.5 cm³/mol. The Kier molecular flexibility index (Phi) is 6.65. The van der Waals surface area contributed by atoms with Crippen molar-refractivity contribution in [1.82, 2.24) is 4.90 Å². The van der Waals surface area contributed by atoms with E-state index in [9.17, 15) is 19.5 Å². The zero-order valence-corrected chi connectivity index (χ0v) is 16.8. The molecule has 2 atom stereocenters. The van der Waals surface area contributed by atoms with Crippen LogP contribution < -0.4 is 61.8 Å². The van der Waals surface area contributed by atoms with Gasteiger partial charge in [-0.25, -0.2) is 0 Å². The molecule has 24 heavy (non-hydrogen) atoms. The Labute approximate surface area is 184 Å². The Morgan fingerprint density at radius 3 is 2.58 bits per heavy atom. The van der Waals surface area contributed by atoms with E-state index in [1.54, 1.807) is 24.3 Å². The average Bonchev–Trinajstić information content (AvgIpc) is 2.90. The number of β-lactam (4-membered cyclic amide) rings is 1. The molecule has 1 aromatic carbocycles. The van der Waals surface area contributed by atoms with Gasteiger partial charge in [0.15, 0.2) is 0 Å². The number of nitrogens with one attached hydrogen (secondary N) is 1. The summed E-state index contributed by atoms with van der Waals surface area (Å²) >= 11 is 1.28. The van der Waals surface area contributed by atoms with Crippen LogP contribution in [0.15, 0.2) is 30.0 Å². The molecule has 1 saturated heterocycles. The number of amides is 2. The SMILES string of the molecule is O=CNc1ccc(C2=C(C(=O)[O-])N3C(=O)[C@H](CCO)[C@H]3S2)cc1.[K+]. The van der Waals surface area contributed by atoms with Gasteiger partial charge in [0.05, 0.1) is 23.0 Å². The van der Waals surface area contributed by atoms with Crippen LogP contribution >= 0.6 is 11.8 Å². The van der Waals surface area contributed by atoms with Crippen molar-refractivity contribution in [2.75, 3.05) is 11.9 Å². The predicted octanol–water partition coefficient (Wildman–Crippen LogP) is -3.41. The largest absolute Gasteiger partial charge is 1.00 e. The number of benzene rings is 1. The van der Waals surface area contributed by atoms with Crippen molar-refractivity contribution in [3.63, 3.8) is 0 Å². The number of hydrogen-bond donors (Lipinski definition) is 2. The summed E-state index contributed by atoms with van der Waals surface area (Å²) in [5, 5.41) is 22.7. The Morgan fingerprint density at radius 2 is 2.04 bits per heavy atom. The first-order chi connectivity index (χ1) is 11.1. The van der Waals surface area contributed by atoms with Gasteiger partial charge < -0.3 is 20.3 Å². The normalized spacial score (nSPS) is 21.7. The summed E-state index contributed by atoms with van der Waals surface area (Å²) in [5.74, 6) is -2.08. The number of hydrogen-bond acceptors (Lipinski definition) is 6. The molecule has 0 unspecified atom stereocenters. The zero-order valence-electron chi connectivity index (χ0n) is 12.9. The summed E-state index contributed by atoms with van der Waals surface area (Å²) in [5.41, 5.74) is 1.09. The van der Waals surface area contributed by atoms with Crippen LogP contribution in [-0.4, -0.2) is 40.3 Å². The van der Waals surface area contributed by atoms with E-state index in [0.717, 1.165) is 0 Å². The van der Waals surface area contributed by atoms with Crippen molar-refractivity contribution in [1.29, 1.82) is 0 Å². The minimum atomic E-state index is -1.40. The molecule has 7 nitrogen and oxygen atoms in total. The molecule has 0 spiro atoms. The van der Waals surface area contributed by atoms with E-state index in [1.165, 1.54) is 16.7 Å². The molecule has 2 aliphatic rings. The fourth-order valence-corrected chi connectivity index (χ4v) is 4.31. The molecule has 120 valence electrons. The Morgan fingerprint density at radius 1 is 1.38 bits per heavy atom. The third kappa shape index (κ3) is 3.34. The number of aliphatic carboxylic acids is 1. The quantitative estimate of drug-likeness (QED) is 0.306. The summed E-state index contributed by atoms with van der Waals surface area (Å²) in [6.45, 7) is -0.122. The van der Waals surface area contributed by atoms with Crippen LogP contribution in [-0.2, 0) is 14.4 Å². The van der Waals surface area contributed by atoms with Gasteiger partial charge in [0.1, 0.15) is 0 Å². The van der Waals surface area contributed by atoms with E-state index in [4.69, 9.17) is 5.11 Å². The molecular formula is C15H13KN2O5S. The molecule has 2 amide bonds. The molecule has 2 aliphatic heterocycles. The first kappa shape index (κ1) is 19.6. The van der Waals surface area contributed by atoms with Crippen LogP contribution in [0, 0.1) is 5.92 Å². The van der Waals surface area contributed by atoms with Gasteiger partial charge in [-0.3, -0.25) is 14.5 Å². The maximum Gasteiger partial charge on any atom is 1.00 e. The van der Waals surface area contributed by atoms with Crippen LogP contribution in [0.2, 0.25) is 0 Å². The molecule has 0 bridgehead atoms. The molecule has 0 saturated carbocycles. The number of thioether (sulfide) groups is 1. The number of aliphatic hydroxyl groups excluding tert-OH is 1. The van der Waals surface area contributed by atoms with E-state index in [1.807, 2.05) is 0 Å². The van der Waals surface area contributed by atoms with Gasteiger partial charge >= 0.3 is 51.4 Å². The molecule has 3 rings (SSSR count). The number of aliphatic hydroxyl groups is 1. The van der Waals surface area contributed by atoms with Gasteiger partial charge in [0.2, 0.25) is 12.3 Å². The van der Waals surface area contributed by atoms with Gasteiger partial charge in [0.25, 0.3) is 0 Å². The summed E-state index contributed by atoms with van der Waals surface area (Å²) < 4.78 is 0. The second kappa shape index (κ2) is 8.13. The van der Waals surface area contributed by atoms with Crippen molar-refractivity contribution in [2.24, 2.45) is 5.92 Å². The topological polar surface area (TPSA) is 110 Å². The Bertz CT molecular complexity index is 706. The zero-order chi connectivity index (χ0) is 16.6. The first-order valence-corrected chi connectivity index (χ1v) is 7.83. The van der Waals surface area contributed by atoms with E-state index >= 15 is 0 Å². The van der Waals surface area contributed by atoms with E-state index in [-0.39, 0.29) is 80.9 Å². The summed E-state index contributed by atoms with van der Waals surface area (Å²) in [4.78, 5) is 35.7. The smallest absolute Gasteiger partial charge is 0.543 e. The monoisotopic (exact) mass is 372 g/mol. The minimum absolute atomic E-state index is 0. The fraction of sp³-hybridized carbons (Fsp3) is 0.267. The summed E-state index contributed by atoms with van der Waals surface area (Å²) in [6, 6.07) is 6.64. The molecule has 9 heteroatoms. The Balaban J connectivity index is 0.00000208. The minimum Gasteiger partial charge on any atom is -0.543 e. The third-order valence-corrected chi connectivity index (χ3v) is 5.30. The number of carbonyl (C=O) groups excluding carboxylic acids is 3. The standard InChI is InChI=1S/C15H14N2O5S.K/c18-6-5-10-13(20)17-11(15(21)22)12(23-14(10)17)8-1-3-9(4-2-8)16-7-19;/h1-4,7,10,14,18H,5-6H2,(H,16,19)(H,21,22);/q;+1/p-1/t10-,14+;/m0./s1. The fourth-order valence-electron chi connectivity index (χ4n) is 2.77. The summed E-state index contributed by atoms with van der Waals surface area (Å²) in [6.07, 6.45) is 0.859. The van der Waals surface area contributed by atoms with Crippen molar-refractivity contribution in [2.45, 2.75) is 11.8 Å². The van der Waals surface area contributed by atoms with Crippen LogP contribution in [0.3, 0.4) is 0 Å². The van der Waals surface area contributed by atoms with Crippen molar-refractivity contribution in [3.05, 3.63) is 35.5 Å². The number of rotatable bonds is 6. The van der Waals surface area contributed by atoms with E-state index in [0.29, 0.717) is 29.0 Å². The van der Waals surface area contributed by atoms with Gasteiger partial charge in [-0.15, -0.1) is 0 Å². The second-order valence-electron chi connectivity index (χ2n) is 5.14. The van der Waals surface area contributed by atoms with Crippen molar-refractivity contribution in [3.8, 4) is 0 Å². The molecule has 0 aromatic heterocycles. The second-order valence-corrected chi connectivity index (χ2v) is 6.27. The van der Waals surface area contributed by atoms with Crippen LogP contribution in [0.4, 0.5) is 5.69 Å². The number of fused-ring (bicyclic) bond motifs is 1. The van der Waals surface area contributed by atoms with E-state index < -0.39 is 5.97 Å². The molecule has 2 heterocycles. The van der Waals surface area contributed by atoms with Gasteiger partial charge in [-0.1, -0.05) is 23.9 Å². The average molecular weight is 372 g/mol. The van der Waals surface area contributed by atoms with Crippen LogP contribution in [0.25, 0.3) is 4.91 Å². The Hall–Kier alpha value is -0.684. The van der Waals surface area contributed by atoms with Gasteiger partial charge in [0, 0.05) is 17.2 Å². The molecule has 0 radical (unpaired) electrons. The van der Waals surface area contributed by atoms with Crippen molar-refractivity contribution < 1.29 is 76.0 Å². The molecule has 2 N–H and O–H groups in total. The third-order valence-electron chi connectivity index (χ3n) is 3.85. The number of carbonyl (C=O) groups is 3. The summed E-state index contributed by atoms with van der Waals surface area (Å²) in [7, 11) is 0. The number of nitrogens with zero attached hydrogens (tertiary/aromatic N) is 1. The van der Waals surface area contributed by atoms with Crippen LogP contribution in [0.5, 0.6) is 0 Å². The van der Waals surface area contributed by atoms with Gasteiger partial charge in [-0.05, 0) is 24.1 Å².